The van der Waals surface area contributed by atoms with Crippen LogP contribution in [-0.4, -0.2) is 19.9 Å². The number of nitrogens with one attached hydrogen (secondary N) is 2. The fourth-order valence-electron chi connectivity index (χ4n) is 2.08. The van der Waals surface area contributed by atoms with Crippen molar-refractivity contribution < 1.29 is 8.42 Å². The van der Waals surface area contributed by atoms with Crippen LogP contribution in [0.25, 0.3) is 0 Å². The van der Waals surface area contributed by atoms with E-state index in [0.29, 0.717) is 5.69 Å². The zero-order chi connectivity index (χ0) is 13.3. The molecule has 2 aromatic rings. The number of sulfonamides is 1. The lowest BCUT2D eigenvalue weighted by atomic mass is 10.2. The van der Waals surface area contributed by atoms with Crippen LogP contribution in [-0.2, 0) is 16.4 Å². The minimum absolute atomic E-state index is 0.284. The van der Waals surface area contributed by atoms with Crippen molar-refractivity contribution in [3.8, 4) is 0 Å². The average Bonchev–Trinajstić information content (AvgIpc) is 2.86. The highest BCUT2D eigenvalue weighted by Gasteiger charge is 2.18. The third kappa shape index (κ3) is 2.39. The molecule has 6 heteroatoms. The van der Waals surface area contributed by atoms with Crippen LogP contribution < -0.4 is 10.0 Å². The first-order valence-electron chi connectivity index (χ1n) is 5.95. The van der Waals surface area contributed by atoms with Gasteiger partial charge in [0, 0.05) is 24.6 Å². The second-order valence-corrected chi connectivity index (χ2v) is 6.02. The van der Waals surface area contributed by atoms with Crippen molar-refractivity contribution in [1.82, 2.24) is 4.98 Å². The monoisotopic (exact) mass is 275 g/mol. The predicted octanol–water partition coefficient (Wildman–Crippen LogP) is 1.85. The van der Waals surface area contributed by atoms with Crippen LogP contribution in [0.4, 0.5) is 11.4 Å². The lowest BCUT2D eigenvalue weighted by Crippen LogP contribution is -2.13. The van der Waals surface area contributed by atoms with Gasteiger partial charge in [-0.2, -0.15) is 0 Å². The number of benzene rings is 1. The van der Waals surface area contributed by atoms with E-state index < -0.39 is 10.0 Å². The van der Waals surface area contributed by atoms with E-state index in [9.17, 15) is 8.42 Å². The fraction of sp³-hybridized carbons (Fsp3) is 0.154. The molecule has 1 aliphatic heterocycles. The zero-order valence-electron chi connectivity index (χ0n) is 10.1. The van der Waals surface area contributed by atoms with Gasteiger partial charge in [0.15, 0.2) is 0 Å². The topological polar surface area (TPSA) is 71.1 Å². The predicted molar refractivity (Wildman–Crippen MR) is 73.7 cm³/mol. The molecular weight excluding hydrogens is 262 g/mol. The van der Waals surface area contributed by atoms with Gasteiger partial charge in [0.2, 0.25) is 0 Å². The summed E-state index contributed by atoms with van der Waals surface area (Å²) in [4.78, 5) is 4.14. The van der Waals surface area contributed by atoms with Crippen molar-refractivity contribution in [3.05, 3.63) is 48.3 Å². The number of rotatable bonds is 3. The molecule has 0 unspecified atom stereocenters. The maximum absolute atomic E-state index is 12.2. The van der Waals surface area contributed by atoms with Crippen molar-refractivity contribution in [3.63, 3.8) is 0 Å². The van der Waals surface area contributed by atoms with E-state index in [-0.39, 0.29) is 4.90 Å². The van der Waals surface area contributed by atoms with E-state index >= 15 is 0 Å². The first kappa shape index (κ1) is 12.0. The van der Waals surface area contributed by atoms with Crippen molar-refractivity contribution in [1.29, 1.82) is 0 Å². The Balaban J connectivity index is 1.92. The average molecular weight is 275 g/mol. The Hall–Kier alpha value is -2.08. The minimum Gasteiger partial charge on any atom is -0.384 e. The summed E-state index contributed by atoms with van der Waals surface area (Å²) in [7, 11) is -3.54. The molecule has 1 aromatic carbocycles. The molecule has 2 heterocycles. The van der Waals surface area contributed by atoms with Gasteiger partial charge < -0.3 is 5.32 Å². The number of fused-ring (bicyclic) bond motifs is 1. The largest absolute Gasteiger partial charge is 0.384 e. The lowest BCUT2D eigenvalue weighted by Gasteiger charge is -2.09. The standard InChI is InChI=1S/C13H13N3O2S/c17-19(18,16-11-4-6-14-7-5-11)12-1-2-13-10(9-12)3-8-15-13/h1-2,4-7,9,15H,3,8H2,(H,14,16). The van der Waals surface area contributed by atoms with E-state index in [2.05, 4.69) is 15.0 Å². The molecule has 0 bridgehead atoms. The van der Waals surface area contributed by atoms with Crippen LogP contribution in [0.3, 0.4) is 0 Å². The summed E-state index contributed by atoms with van der Waals surface area (Å²) in [5.41, 5.74) is 2.56. The smallest absolute Gasteiger partial charge is 0.261 e. The van der Waals surface area contributed by atoms with Gasteiger partial charge in [-0.1, -0.05) is 0 Å². The SMILES string of the molecule is O=S(=O)(Nc1ccncc1)c1ccc2c(c1)CCN2. The van der Waals surface area contributed by atoms with Crippen molar-refractivity contribution in [2.24, 2.45) is 0 Å². The highest BCUT2D eigenvalue weighted by atomic mass is 32.2. The maximum atomic E-state index is 12.2. The van der Waals surface area contributed by atoms with Crippen LogP contribution >= 0.6 is 0 Å². The summed E-state index contributed by atoms with van der Waals surface area (Å²) in [5.74, 6) is 0. The first-order chi connectivity index (χ1) is 9.15. The molecule has 0 saturated heterocycles. The number of hydrogen-bond acceptors (Lipinski definition) is 4. The van der Waals surface area contributed by atoms with E-state index in [0.717, 1.165) is 24.2 Å². The van der Waals surface area contributed by atoms with Gasteiger partial charge in [0.25, 0.3) is 10.0 Å². The summed E-state index contributed by atoms with van der Waals surface area (Å²) in [5, 5.41) is 3.20. The summed E-state index contributed by atoms with van der Waals surface area (Å²) >= 11 is 0. The molecule has 0 amide bonds. The number of aromatic nitrogens is 1. The molecule has 1 aliphatic rings. The zero-order valence-corrected chi connectivity index (χ0v) is 10.9. The van der Waals surface area contributed by atoms with Gasteiger partial charge >= 0.3 is 0 Å². The Morgan fingerprint density at radius 2 is 1.95 bits per heavy atom. The van der Waals surface area contributed by atoms with E-state index in [1.165, 1.54) is 0 Å². The molecule has 19 heavy (non-hydrogen) atoms. The van der Waals surface area contributed by atoms with E-state index in [1.54, 1.807) is 36.7 Å². The molecule has 0 aliphatic carbocycles. The van der Waals surface area contributed by atoms with Crippen LogP contribution in [0.15, 0.2) is 47.6 Å². The Bertz CT molecular complexity index is 699. The third-order valence-electron chi connectivity index (χ3n) is 3.03. The van der Waals surface area contributed by atoms with Crippen LogP contribution in [0.1, 0.15) is 5.56 Å². The normalized spacial score (nSPS) is 13.7. The van der Waals surface area contributed by atoms with Crippen LogP contribution in [0, 0.1) is 0 Å². The number of hydrogen-bond donors (Lipinski definition) is 2. The third-order valence-corrected chi connectivity index (χ3v) is 4.41. The summed E-state index contributed by atoms with van der Waals surface area (Å²) in [6.07, 6.45) is 3.95. The molecule has 0 radical (unpaired) electrons. The molecule has 98 valence electrons. The maximum Gasteiger partial charge on any atom is 0.261 e. The van der Waals surface area contributed by atoms with Gasteiger partial charge in [0.05, 0.1) is 10.6 Å². The highest BCUT2D eigenvalue weighted by molar-refractivity contribution is 7.92. The summed E-state index contributed by atoms with van der Waals surface area (Å²) < 4.78 is 27.0. The van der Waals surface area contributed by atoms with Crippen LogP contribution in [0.5, 0.6) is 0 Å². The quantitative estimate of drug-likeness (QED) is 0.896. The Labute approximate surface area is 111 Å². The van der Waals surface area contributed by atoms with Gasteiger partial charge in [0.1, 0.15) is 0 Å². The Morgan fingerprint density at radius 1 is 1.16 bits per heavy atom. The molecular formula is C13H13N3O2S. The van der Waals surface area contributed by atoms with Gasteiger partial charge in [-0.25, -0.2) is 8.42 Å². The molecule has 2 N–H and O–H groups in total. The lowest BCUT2D eigenvalue weighted by molar-refractivity contribution is 0.601. The van der Waals surface area contributed by atoms with E-state index in [4.69, 9.17) is 0 Å². The van der Waals surface area contributed by atoms with Gasteiger partial charge in [-0.15, -0.1) is 0 Å². The van der Waals surface area contributed by atoms with Gasteiger partial charge in [-0.3, -0.25) is 9.71 Å². The molecule has 0 spiro atoms. The second-order valence-electron chi connectivity index (χ2n) is 4.34. The minimum atomic E-state index is -3.54. The Kier molecular flexibility index (Phi) is 2.87. The van der Waals surface area contributed by atoms with E-state index in [1.807, 2.05) is 6.07 Å². The molecule has 0 fully saturated rings. The Morgan fingerprint density at radius 3 is 2.74 bits per heavy atom. The number of anilines is 2. The molecule has 0 atom stereocenters. The fourth-order valence-corrected chi connectivity index (χ4v) is 3.19. The summed E-state index contributed by atoms with van der Waals surface area (Å²) in [6.45, 7) is 0.858. The van der Waals surface area contributed by atoms with Crippen molar-refractivity contribution >= 4 is 21.4 Å². The molecule has 5 nitrogen and oxygen atoms in total. The summed E-state index contributed by atoms with van der Waals surface area (Å²) in [6, 6.07) is 8.38. The first-order valence-corrected chi connectivity index (χ1v) is 7.43. The van der Waals surface area contributed by atoms with Crippen molar-refractivity contribution in [2.75, 3.05) is 16.6 Å². The van der Waals surface area contributed by atoms with Crippen LogP contribution in [0.2, 0.25) is 0 Å². The second kappa shape index (κ2) is 4.55. The number of nitrogens with zero attached hydrogens (tertiary/aromatic N) is 1. The highest BCUT2D eigenvalue weighted by Crippen LogP contribution is 2.26. The molecule has 1 aromatic heterocycles. The number of pyridine rings is 1. The molecule has 3 rings (SSSR count). The van der Waals surface area contributed by atoms with Crippen molar-refractivity contribution in [2.45, 2.75) is 11.3 Å². The molecule has 0 saturated carbocycles. The van der Waals surface area contributed by atoms with Gasteiger partial charge in [-0.05, 0) is 42.3 Å².